The Morgan fingerprint density at radius 1 is 1.19 bits per heavy atom. The minimum Gasteiger partial charge on any atom is -0.507 e. The highest BCUT2D eigenvalue weighted by atomic mass is 16.5. The first-order valence-electron chi connectivity index (χ1n) is 8.49. The number of ketones is 1. The molecule has 0 aliphatic carbocycles. The van der Waals surface area contributed by atoms with Crippen molar-refractivity contribution in [2.45, 2.75) is 6.04 Å². The molecule has 1 aliphatic heterocycles. The lowest BCUT2D eigenvalue weighted by Crippen LogP contribution is -2.55. The minimum absolute atomic E-state index is 0.00685. The SMILES string of the molecule is COc1cc([C@H]2C(=C(O)c3ccccc3)C(=O)C(=O)N2CC[NH3+])ccc1O. The van der Waals surface area contributed by atoms with Crippen LogP contribution in [0.3, 0.4) is 0 Å². The quantitative estimate of drug-likeness (QED) is 0.414. The average Bonchev–Trinajstić information content (AvgIpc) is 2.94. The number of phenols is 1. The summed E-state index contributed by atoms with van der Waals surface area (Å²) in [6.07, 6.45) is 0. The molecule has 1 aliphatic rings. The lowest BCUT2D eigenvalue weighted by Gasteiger charge is -2.24. The fourth-order valence-corrected chi connectivity index (χ4v) is 3.24. The summed E-state index contributed by atoms with van der Waals surface area (Å²) in [6.45, 7) is 0.661. The number of benzene rings is 2. The van der Waals surface area contributed by atoms with Crippen molar-refractivity contribution in [3.8, 4) is 11.5 Å². The van der Waals surface area contributed by atoms with Crippen LogP contribution < -0.4 is 10.5 Å². The monoisotopic (exact) mass is 369 g/mol. The summed E-state index contributed by atoms with van der Waals surface area (Å²) in [5.74, 6) is -1.52. The summed E-state index contributed by atoms with van der Waals surface area (Å²) in [7, 11) is 1.41. The standard InChI is InChI=1S/C20H20N2O5/c1-27-15-11-13(7-8-14(15)23)17-16(18(24)12-5-3-2-4-6-12)19(25)20(26)22(17)10-9-21/h2-8,11,17,23-24H,9-10,21H2,1H3/p+1/t17-/m0/s1. The zero-order chi connectivity index (χ0) is 19.6. The molecule has 0 bridgehead atoms. The third kappa shape index (κ3) is 3.24. The molecule has 1 saturated heterocycles. The lowest BCUT2D eigenvalue weighted by molar-refractivity contribution is -0.368. The van der Waals surface area contributed by atoms with Gasteiger partial charge in [-0.25, -0.2) is 0 Å². The van der Waals surface area contributed by atoms with Crippen molar-refractivity contribution in [2.75, 3.05) is 20.2 Å². The number of aliphatic hydroxyl groups excluding tert-OH is 1. The van der Waals surface area contributed by atoms with E-state index in [1.165, 1.54) is 18.1 Å². The summed E-state index contributed by atoms with van der Waals surface area (Å²) in [5.41, 5.74) is 4.77. The topological polar surface area (TPSA) is 115 Å². The summed E-state index contributed by atoms with van der Waals surface area (Å²) in [4.78, 5) is 26.7. The number of carbonyl (C=O) groups is 2. The first kappa shape index (κ1) is 18.5. The molecule has 1 fully saturated rings. The number of likely N-dealkylation sites (tertiary alicyclic amines) is 1. The van der Waals surface area contributed by atoms with Crippen molar-refractivity contribution in [3.63, 3.8) is 0 Å². The highest BCUT2D eigenvalue weighted by Gasteiger charge is 2.46. The second kappa shape index (κ2) is 7.51. The molecule has 1 heterocycles. The average molecular weight is 369 g/mol. The highest BCUT2D eigenvalue weighted by molar-refractivity contribution is 6.46. The predicted molar refractivity (Wildman–Crippen MR) is 97.9 cm³/mol. The van der Waals surface area contributed by atoms with Crippen LogP contribution in [-0.2, 0) is 9.59 Å². The van der Waals surface area contributed by atoms with Crippen LogP contribution in [0.1, 0.15) is 17.2 Å². The minimum atomic E-state index is -0.790. The van der Waals surface area contributed by atoms with Gasteiger partial charge in [-0.3, -0.25) is 9.59 Å². The molecule has 27 heavy (non-hydrogen) atoms. The molecule has 0 radical (unpaired) electrons. The van der Waals surface area contributed by atoms with Crippen LogP contribution in [0, 0.1) is 0 Å². The largest absolute Gasteiger partial charge is 0.507 e. The van der Waals surface area contributed by atoms with Gasteiger partial charge in [0.25, 0.3) is 11.7 Å². The number of Topliss-reactive ketones (excluding diaryl/α,β-unsaturated/α-hetero) is 1. The fourth-order valence-electron chi connectivity index (χ4n) is 3.24. The molecule has 2 aromatic rings. The number of rotatable bonds is 5. The van der Waals surface area contributed by atoms with Gasteiger partial charge in [-0.15, -0.1) is 0 Å². The normalized spacial score (nSPS) is 18.7. The summed E-state index contributed by atoms with van der Waals surface area (Å²) in [6, 6.07) is 12.4. The van der Waals surface area contributed by atoms with Crippen molar-refractivity contribution in [1.82, 2.24) is 4.90 Å². The molecule has 7 heteroatoms. The summed E-state index contributed by atoms with van der Waals surface area (Å²) >= 11 is 0. The second-order valence-corrected chi connectivity index (χ2v) is 6.14. The number of aliphatic hydroxyl groups is 1. The Labute approximate surface area is 156 Å². The maximum atomic E-state index is 12.7. The van der Waals surface area contributed by atoms with Gasteiger partial charge in [-0.05, 0) is 17.7 Å². The lowest BCUT2D eigenvalue weighted by atomic mass is 9.95. The Balaban J connectivity index is 2.21. The van der Waals surface area contributed by atoms with Gasteiger partial charge in [0.1, 0.15) is 5.76 Å². The molecule has 2 aromatic carbocycles. The van der Waals surface area contributed by atoms with Gasteiger partial charge in [0.15, 0.2) is 11.5 Å². The third-order valence-electron chi connectivity index (χ3n) is 4.51. The molecule has 1 atom stereocenters. The van der Waals surface area contributed by atoms with Crippen LogP contribution in [0.5, 0.6) is 11.5 Å². The Kier molecular flexibility index (Phi) is 5.14. The number of aromatic hydroxyl groups is 1. The zero-order valence-corrected chi connectivity index (χ0v) is 14.9. The van der Waals surface area contributed by atoms with Crippen LogP contribution >= 0.6 is 0 Å². The van der Waals surface area contributed by atoms with E-state index in [1.54, 1.807) is 42.5 Å². The third-order valence-corrected chi connectivity index (χ3v) is 4.51. The van der Waals surface area contributed by atoms with Crippen LogP contribution in [0.15, 0.2) is 54.1 Å². The molecular weight excluding hydrogens is 348 g/mol. The molecule has 5 N–H and O–H groups in total. The number of carbonyl (C=O) groups excluding carboxylic acids is 2. The summed E-state index contributed by atoms with van der Waals surface area (Å²) in [5, 5.41) is 20.7. The van der Waals surface area contributed by atoms with Gasteiger partial charge < -0.3 is 25.6 Å². The molecule has 3 rings (SSSR count). The van der Waals surface area contributed by atoms with E-state index < -0.39 is 17.7 Å². The second-order valence-electron chi connectivity index (χ2n) is 6.14. The number of hydrogen-bond donors (Lipinski definition) is 3. The van der Waals surface area contributed by atoms with E-state index in [9.17, 15) is 19.8 Å². The number of nitrogens with zero attached hydrogens (tertiary/aromatic N) is 1. The number of amides is 1. The van der Waals surface area contributed by atoms with Crippen LogP contribution in [-0.4, -0.2) is 47.0 Å². The Bertz CT molecular complexity index is 908. The van der Waals surface area contributed by atoms with Crippen LogP contribution in [0.25, 0.3) is 5.76 Å². The van der Waals surface area contributed by atoms with Crippen LogP contribution in [0.2, 0.25) is 0 Å². The Hall–Kier alpha value is -3.32. The number of phenolic OH excluding ortho intramolecular Hbond substituents is 1. The highest BCUT2D eigenvalue weighted by Crippen LogP contribution is 2.41. The number of hydrogen-bond acceptors (Lipinski definition) is 5. The van der Waals surface area contributed by atoms with E-state index in [1.807, 2.05) is 0 Å². The maximum Gasteiger partial charge on any atom is 0.295 e. The first-order chi connectivity index (χ1) is 13.0. The van der Waals surface area contributed by atoms with Crippen molar-refractivity contribution in [2.24, 2.45) is 0 Å². The zero-order valence-electron chi connectivity index (χ0n) is 14.9. The van der Waals surface area contributed by atoms with Crippen LogP contribution in [0.4, 0.5) is 0 Å². The van der Waals surface area contributed by atoms with E-state index >= 15 is 0 Å². The van der Waals surface area contributed by atoms with Gasteiger partial charge in [-0.1, -0.05) is 36.4 Å². The van der Waals surface area contributed by atoms with E-state index in [-0.39, 0.29) is 29.4 Å². The molecule has 7 nitrogen and oxygen atoms in total. The molecular formula is C20H21N2O5+. The Morgan fingerprint density at radius 3 is 2.52 bits per heavy atom. The van der Waals surface area contributed by atoms with E-state index in [2.05, 4.69) is 5.73 Å². The van der Waals surface area contributed by atoms with Gasteiger partial charge in [0.2, 0.25) is 0 Å². The van der Waals surface area contributed by atoms with Crippen molar-refractivity contribution in [3.05, 3.63) is 65.2 Å². The molecule has 0 saturated carbocycles. The van der Waals surface area contributed by atoms with Crippen molar-refractivity contribution < 1.29 is 30.3 Å². The van der Waals surface area contributed by atoms with Gasteiger partial charge in [-0.2, -0.15) is 0 Å². The van der Waals surface area contributed by atoms with E-state index in [0.717, 1.165) is 0 Å². The molecule has 1 amide bonds. The maximum absolute atomic E-state index is 12.7. The van der Waals surface area contributed by atoms with Gasteiger partial charge >= 0.3 is 0 Å². The molecule has 0 unspecified atom stereocenters. The first-order valence-corrected chi connectivity index (χ1v) is 8.49. The van der Waals surface area contributed by atoms with Gasteiger partial charge in [0.05, 0.1) is 31.8 Å². The van der Waals surface area contributed by atoms with E-state index in [0.29, 0.717) is 17.7 Å². The van der Waals surface area contributed by atoms with Gasteiger partial charge in [0, 0.05) is 5.56 Å². The number of quaternary nitrogens is 1. The van der Waals surface area contributed by atoms with Crippen molar-refractivity contribution in [1.29, 1.82) is 0 Å². The predicted octanol–water partition coefficient (Wildman–Crippen LogP) is 1.06. The Morgan fingerprint density at radius 2 is 1.89 bits per heavy atom. The molecule has 0 spiro atoms. The van der Waals surface area contributed by atoms with E-state index in [4.69, 9.17) is 4.74 Å². The molecule has 0 aromatic heterocycles. The van der Waals surface area contributed by atoms with Crippen molar-refractivity contribution >= 4 is 17.4 Å². The number of methoxy groups -OCH3 is 1. The number of ether oxygens (including phenoxy) is 1. The fraction of sp³-hybridized carbons (Fsp3) is 0.200. The molecule has 140 valence electrons. The summed E-state index contributed by atoms with van der Waals surface area (Å²) < 4.78 is 5.15. The smallest absolute Gasteiger partial charge is 0.295 e.